The smallest absolute Gasteiger partial charge is 0.417 e. The van der Waals surface area contributed by atoms with E-state index in [0.29, 0.717) is 17.1 Å². The topological polar surface area (TPSA) is 84.2 Å². The minimum Gasteiger partial charge on any atom is -0.433 e. The number of amides is 2. The van der Waals surface area contributed by atoms with E-state index < -0.39 is 17.6 Å². The second kappa shape index (κ2) is 6.55. The van der Waals surface area contributed by atoms with Crippen LogP contribution in [0.1, 0.15) is 21.8 Å². The maximum absolute atomic E-state index is 13.2. The number of nitrogens with one attached hydrogen (secondary N) is 2. The highest BCUT2D eigenvalue weighted by Gasteiger charge is 2.34. The van der Waals surface area contributed by atoms with Crippen molar-refractivity contribution in [1.29, 1.82) is 0 Å². The second-order valence-corrected chi connectivity index (χ2v) is 7.16. The number of aryl methyl sites for hydroxylation is 1. The van der Waals surface area contributed by atoms with Crippen LogP contribution in [0.5, 0.6) is 0 Å². The van der Waals surface area contributed by atoms with Gasteiger partial charge in [0.2, 0.25) is 11.6 Å². The van der Waals surface area contributed by atoms with Crippen LogP contribution in [0.4, 0.5) is 24.5 Å². The van der Waals surface area contributed by atoms with Gasteiger partial charge in [0.1, 0.15) is 0 Å². The van der Waals surface area contributed by atoms with Crippen LogP contribution in [-0.2, 0) is 11.0 Å². The van der Waals surface area contributed by atoms with E-state index in [1.165, 1.54) is 18.7 Å². The Kier molecular flexibility index (Phi) is 4.30. The number of halogens is 3. The molecule has 1 aliphatic heterocycles. The Labute approximate surface area is 160 Å². The van der Waals surface area contributed by atoms with E-state index in [9.17, 15) is 22.8 Å². The number of hydrogen-bond donors (Lipinski definition) is 2. The molecule has 2 amide bonds. The lowest BCUT2D eigenvalue weighted by atomic mass is 10.1. The predicted molar refractivity (Wildman–Crippen MR) is 97.5 cm³/mol. The summed E-state index contributed by atoms with van der Waals surface area (Å²) in [7, 11) is 0. The molecule has 28 heavy (non-hydrogen) atoms. The van der Waals surface area contributed by atoms with Gasteiger partial charge in [-0.3, -0.25) is 9.59 Å². The zero-order chi connectivity index (χ0) is 20.1. The van der Waals surface area contributed by atoms with E-state index in [2.05, 4.69) is 15.6 Å². The van der Waals surface area contributed by atoms with Crippen molar-refractivity contribution in [3.63, 3.8) is 0 Å². The summed E-state index contributed by atoms with van der Waals surface area (Å²) in [5, 5.41) is 4.97. The minimum absolute atomic E-state index is 0.129. The van der Waals surface area contributed by atoms with Crippen molar-refractivity contribution >= 4 is 46.1 Å². The molecule has 3 heterocycles. The number of fused-ring (bicyclic) bond motifs is 2. The lowest BCUT2D eigenvalue weighted by Crippen LogP contribution is -2.19. The summed E-state index contributed by atoms with van der Waals surface area (Å²) in [4.78, 5) is 28.7. The zero-order valence-electron chi connectivity index (χ0n) is 14.3. The van der Waals surface area contributed by atoms with Crippen LogP contribution < -0.4 is 10.6 Å². The fourth-order valence-electron chi connectivity index (χ4n) is 2.84. The number of hydrogen-bond acceptors (Lipinski definition) is 5. The molecule has 0 aliphatic carbocycles. The molecular formula is C18H12F3N3O3S. The van der Waals surface area contributed by atoms with E-state index in [4.69, 9.17) is 4.42 Å². The predicted octanol–water partition coefficient (Wildman–Crippen LogP) is 4.45. The molecule has 0 radical (unpaired) electrons. The number of anilines is 2. The van der Waals surface area contributed by atoms with Gasteiger partial charge in [0.15, 0.2) is 5.76 Å². The molecule has 0 saturated heterocycles. The van der Waals surface area contributed by atoms with Crippen molar-refractivity contribution < 1.29 is 27.2 Å². The van der Waals surface area contributed by atoms with Gasteiger partial charge in [-0.1, -0.05) is 0 Å². The van der Waals surface area contributed by atoms with Gasteiger partial charge < -0.3 is 15.1 Å². The summed E-state index contributed by atoms with van der Waals surface area (Å²) in [6, 6.07) is 6.87. The molecule has 0 saturated carbocycles. The van der Waals surface area contributed by atoms with Gasteiger partial charge in [-0.2, -0.15) is 13.2 Å². The van der Waals surface area contributed by atoms with E-state index in [1.807, 2.05) is 0 Å². The molecule has 6 nitrogen and oxygen atoms in total. The Hall–Kier alpha value is -3.01. The van der Waals surface area contributed by atoms with Crippen LogP contribution in [0.2, 0.25) is 0 Å². The summed E-state index contributed by atoms with van der Waals surface area (Å²) < 4.78 is 45.0. The summed E-state index contributed by atoms with van der Waals surface area (Å²) in [5.74, 6) is -0.862. The van der Waals surface area contributed by atoms with Gasteiger partial charge in [-0.15, -0.1) is 11.8 Å². The number of carbonyl (C=O) groups excluding carboxylic acids is 2. The fourth-order valence-corrected chi connectivity index (χ4v) is 3.63. The number of nitrogens with zero attached hydrogens (tertiary/aromatic N) is 1. The van der Waals surface area contributed by atoms with E-state index >= 15 is 0 Å². The lowest BCUT2D eigenvalue weighted by Gasteiger charge is -2.17. The molecule has 3 aromatic rings. The average molecular weight is 407 g/mol. The summed E-state index contributed by atoms with van der Waals surface area (Å²) >= 11 is 1.37. The molecular weight excluding hydrogens is 395 g/mol. The molecule has 2 N–H and O–H groups in total. The van der Waals surface area contributed by atoms with Gasteiger partial charge in [-0.05, 0) is 37.3 Å². The van der Waals surface area contributed by atoms with Crippen molar-refractivity contribution in [2.45, 2.75) is 18.0 Å². The third-order valence-electron chi connectivity index (χ3n) is 4.03. The maximum Gasteiger partial charge on any atom is 0.417 e. The molecule has 10 heteroatoms. The first kappa shape index (κ1) is 18.4. The minimum atomic E-state index is -4.60. The summed E-state index contributed by atoms with van der Waals surface area (Å²) in [6.07, 6.45) is -4.60. The first-order valence-electron chi connectivity index (χ1n) is 8.07. The molecule has 0 bridgehead atoms. The first-order valence-corrected chi connectivity index (χ1v) is 9.06. The molecule has 0 spiro atoms. The molecule has 1 aliphatic rings. The Morgan fingerprint density at radius 3 is 2.82 bits per heavy atom. The fraction of sp³-hybridized carbons (Fsp3) is 0.167. The van der Waals surface area contributed by atoms with Crippen molar-refractivity contribution in [2.24, 2.45) is 0 Å². The highest BCUT2D eigenvalue weighted by atomic mass is 32.2. The van der Waals surface area contributed by atoms with Crippen LogP contribution in [0.3, 0.4) is 0 Å². The van der Waals surface area contributed by atoms with Gasteiger partial charge in [0.05, 0.1) is 22.4 Å². The van der Waals surface area contributed by atoms with Gasteiger partial charge in [-0.25, -0.2) is 4.98 Å². The standard InChI is InChI=1S/C18H12F3N3O3S/c1-8-4-11(18(19,20)21)10-6-13(27-17(10)22-8)16(26)23-9-2-3-14-12(5-9)24-15(25)7-28-14/h2-6H,7H2,1H3,(H,23,26)(H,24,25). The van der Waals surface area contributed by atoms with Gasteiger partial charge >= 0.3 is 6.18 Å². The second-order valence-electron chi connectivity index (χ2n) is 6.14. The van der Waals surface area contributed by atoms with Gasteiger partial charge in [0, 0.05) is 16.3 Å². The quantitative estimate of drug-likeness (QED) is 0.656. The van der Waals surface area contributed by atoms with Crippen molar-refractivity contribution in [3.8, 4) is 0 Å². The normalized spacial score (nSPS) is 13.9. The lowest BCUT2D eigenvalue weighted by molar-refractivity contribution is -0.136. The molecule has 2 aromatic heterocycles. The molecule has 1 aromatic carbocycles. The number of rotatable bonds is 2. The largest absolute Gasteiger partial charge is 0.433 e. The first-order chi connectivity index (χ1) is 13.2. The Morgan fingerprint density at radius 2 is 2.07 bits per heavy atom. The average Bonchev–Trinajstić information content (AvgIpc) is 3.03. The van der Waals surface area contributed by atoms with Crippen LogP contribution in [0.25, 0.3) is 11.1 Å². The van der Waals surface area contributed by atoms with Crippen LogP contribution >= 0.6 is 11.8 Å². The maximum atomic E-state index is 13.2. The third-order valence-corrected chi connectivity index (χ3v) is 5.11. The number of thioether (sulfide) groups is 1. The van der Waals surface area contributed by atoms with E-state index in [1.54, 1.807) is 18.2 Å². The summed E-state index contributed by atoms with van der Waals surface area (Å²) in [5.41, 5.74) is -0.116. The van der Waals surface area contributed by atoms with Gasteiger partial charge in [0.25, 0.3) is 5.91 Å². The van der Waals surface area contributed by atoms with Crippen molar-refractivity contribution in [2.75, 3.05) is 16.4 Å². The molecule has 4 rings (SSSR count). The van der Waals surface area contributed by atoms with Crippen LogP contribution in [0.15, 0.2) is 39.6 Å². The number of carbonyl (C=O) groups is 2. The Balaban J connectivity index is 1.65. The molecule has 0 atom stereocenters. The van der Waals surface area contributed by atoms with Crippen LogP contribution in [0, 0.1) is 6.92 Å². The molecule has 144 valence electrons. The summed E-state index contributed by atoms with van der Waals surface area (Å²) in [6.45, 7) is 1.41. The highest BCUT2D eigenvalue weighted by molar-refractivity contribution is 8.00. The number of furan rings is 1. The molecule has 0 unspecified atom stereocenters. The number of pyridine rings is 1. The monoisotopic (exact) mass is 407 g/mol. The number of alkyl halides is 3. The zero-order valence-corrected chi connectivity index (χ0v) is 15.1. The third kappa shape index (κ3) is 3.42. The van der Waals surface area contributed by atoms with E-state index in [0.717, 1.165) is 17.0 Å². The van der Waals surface area contributed by atoms with Crippen molar-refractivity contribution in [3.05, 3.63) is 47.3 Å². The number of aromatic nitrogens is 1. The molecule has 0 fully saturated rings. The SMILES string of the molecule is Cc1cc(C(F)(F)F)c2cc(C(=O)Nc3ccc4c(c3)NC(=O)CS4)oc2n1. The number of benzene rings is 1. The van der Waals surface area contributed by atoms with Crippen molar-refractivity contribution in [1.82, 2.24) is 4.98 Å². The Morgan fingerprint density at radius 1 is 1.29 bits per heavy atom. The Bertz CT molecular complexity index is 1120. The van der Waals surface area contributed by atoms with Crippen LogP contribution in [-0.4, -0.2) is 22.6 Å². The van der Waals surface area contributed by atoms with E-state index in [-0.39, 0.29) is 28.5 Å². The highest BCUT2D eigenvalue weighted by Crippen LogP contribution is 2.36.